The molecule has 0 spiro atoms. The Bertz CT molecular complexity index is 667. The second-order valence-electron chi connectivity index (χ2n) is 5.55. The van der Waals surface area contributed by atoms with Crippen LogP contribution in [0.15, 0.2) is 45.0 Å². The molecule has 0 saturated carbocycles. The highest BCUT2D eigenvalue weighted by atomic mass is 35.5. The van der Waals surface area contributed by atoms with Gasteiger partial charge in [0.25, 0.3) is 0 Å². The van der Waals surface area contributed by atoms with E-state index in [4.69, 9.17) is 21.3 Å². The maximum Gasteiger partial charge on any atom is 0.198 e. The van der Waals surface area contributed by atoms with Crippen LogP contribution in [0, 0.1) is 0 Å². The number of halogens is 1. The van der Waals surface area contributed by atoms with Gasteiger partial charge in [0.05, 0.1) is 6.21 Å². The highest BCUT2D eigenvalue weighted by Crippen LogP contribution is 2.22. The van der Waals surface area contributed by atoms with Gasteiger partial charge in [0.15, 0.2) is 5.84 Å². The van der Waals surface area contributed by atoms with Crippen LogP contribution in [0.4, 0.5) is 0 Å². The summed E-state index contributed by atoms with van der Waals surface area (Å²) in [6.45, 7) is 6.09. The Kier molecular flexibility index (Phi) is 4.43. The average molecular weight is 306 g/mol. The van der Waals surface area contributed by atoms with Gasteiger partial charge in [-0.1, -0.05) is 42.7 Å². The van der Waals surface area contributed by atoms with E-state index in [9.17, 15) is 0 Å². The standard InChI is InChI=1S/C15H16ClN3O2/c1-15(2,3)13-8-12(19-21-13)9-17-14(18-20)10-4-6-11(16)7-5-10/h4-9,20H,1-3H3/b17-9?,18-14-. The van der Waals surface area contributed by atoms with E-state index < -0.39 is 0 Å². The summed E-state index contributed by atoms with van der Waals surface area (Å²) >= 11 is 5.81. The van der Waals surface area contributed by atoms with Gasteiger partial charge in [-0.2, -0.15) is 0 Å². The van der Waals surface area contributed by atoms with Gasteiger partial charge in [0, 0.05) is 22.1 Å². The van der Waals surface area contributed by atoms with Gasteiger partial charge in [0.1, 0.15) is 11.5 Å². The highest BCUT2D eigenvalue weighted by molar-refractivity contribution is 6.30. The number of hydrogen-bond donors (Lipinski definition) is 1. The Morgan fingerprint density at radius 3 is 2.48 bits per heavy atom. The molecule has 1 aromatic carbocycles. The highest BCUT2D eigenvalue weighted by Gasteiger charge is 2.19. The Hall–Kier alpha value is -2.14. The molecule has 0 amide bonds. The molecular weight excluding hydrogens is 290 g/mol. The quantitative estimate of drug-likeness (QED) is 0.396. The number of oxime groups is 1. The van der Waals surface area contributed by atoms with Crippen molar-refractivity contribution >= 4 is 23.7 Å². The summed E-state index contributed by atoms with van der Waals surface area (Å²) in [4.78, 5) is 4.12. The molecule has 2 rings (SSSR count). The van der Waals surface area contributed by atoms with Crippen molar-refractivity contribution in [2.24, 2.45) is 10.1 Å². The molecule has 2 aromatic rings. The van der Waals surface area contributed by atoms with E-state index in [1.807, 2.05) is 20.8 Å². The lowest BCUT2D eigenvalue weighted by Gasteiger charge is -2.11. The first kappa shape index (κ1) is 15.3. The Morgan fingerprint density at radius 1 is 1.29 bits per heavy atom. The van der Waals surface area contributed by atoms with Crippen molar-refractivity contribution in [1.29, 1.82) is 0 Å². The van der Waals surface area contributed by atoms with E-state index in [-0.39, 0.29) is 11.3 Å². The molecule has 0 bridgehead atoms. The van der Waals surface area contributed by atoms with Crippen molar-refractivity contribution < 1.29 is 9.73 Å². The van der Waals surface area contributed by atoms with Crippen molar-refractivity contribution in [3.8, 4) is 0 Å². The lowest BCUT2D eigenvalue weighted by molar-refractivity contribution is 0.318. The van der Waals surface area contributed by atoms with Crippen molar-refractivity contribution in [3.63, 3.8) is 0 Å². The van der Waals surface area contributed by atoms with E-state index in [1.165, 1.54) is 6.21 Å². The van der Waals surface area contributed by atoms with E-state index in [0.29, 0.717) is 16.3 Å². The Labute approximate surface area is 127 Å². The van der Waals surface area contributed by atoms with E-state index in [1.54, 1.807) is 30.3 Å². The monoisotopic (exact) mass is 305 g/mol. The molecule has 0 fully saturated rings. The first-order valence-electron chi connectivity index (χ1n) is 6.39. The van der Waals surface area contributed by atoms with Gasteiger partial charge in [-0.25, -0.2) is 4.99 Å². The third kappa shape index (κ3) is 3.92. The van der Waals surface area contributed by atoms with E-state index >= 15 is 0 Å². The molecule has 0 aliphatic carbocycles. The van der Waals surface area contributed by atoms with E-state index in [2.05, 4.69) is 15.3 Å². The number of hydrogen-bond acceptors (Lipinski definition) is 4. The zero-order valence-corrected chi connectivity index (χ0v) is 12.8. The molecule has 21 heavy (non-hydrogen) atoms. The smallest absolute Gasteiger partial charge is 0.198 e. The first-order valence-corrected chi connectivity index (χ1v) is 6.77. The molecule has 0 aliphatic rings. The SMILES string of the molecule is CC(C)(C)c1cc(C=N/C(=N\O)c2ccc(Cl)cc2)no1. The summed E-state index contributed by atoms with van der Waals surface area (Å²) in [5, 5.41) is 16.8. The molecular formula is C15H16ClN3O2. The fraction of sp³-hybridized carbons (Fsp3) is 0.267. The fourth-order valence-electron chi connectivity index (χ4n) is 1.59. The summed E-state index contributed by atoms with van der Waals surface area (Å²) < 4.78 is 5.26. The lowest BCUT2D eigenvalue weighted by Crippen LogP contribution is -2.09. The number of nitrogens with zero attached hydrogens (tertiary/aromatic N) is 3. The van der Waals surface area contributed by atoms with Crippen LogP contribution in [0.2, 0.25) is 5.02 Å². The fourth-order valence-corrected chi connectivity index (χ4v) is 1.71. The molecule has 0 aliphatic heterocycles. The number of benzene rings is 1. The predicted molar refractivity (Wildman–Crippen MR) is 82.6 cm³/mol. The third-order valence-electron chi connectivity index (χ3n) is 2.78. The number of aromatic nitrogens is 1. The van der Waals surface area contributed by atoms with Crippen molar-refractivity contribution in [3.05, 3.63) is 52.4 Å². The van der Waals surface area contributed by atoms with Crippen LogP contribution in [-0.4, -0.2) is 22.4 Å². The maximum atomic E-state index is 9.06. The van der Waals surface area contributed by atoms with Crippen LogP contribution in [0.1, 0.15) is 37.8 Å². The van der Waals surface area contributed by atoms with E-state index in [0.717, 1.165) is 5.76 Å². The van der Waals surface area contributed by atoms with Crippen LogP contribution in [-0.2, 0) is 5.41 Å². The van der Waals surface area contributed by atoms with Crippen LogP contribution in [0.5, 0.6) is 0 Å². The lowest BCUT2D eigenvalue weighted by atomic mass is 9.93. The molecule has 5 nitrogen and oxygen atoms in total. The third-order valence-corrected chi connectivity index (χ3v) is 3.04. The van der Waals surface area contributed by atoms with Crippen LogP contribution in [0.3, 0.4) is 0 Å². The average Bonchev–Trinajstić information content (AvgIpc) is 2.90. The van der Waals surface area contributed by atoms with Gasteiger partial charge in [-0.15, -0.1) is 0 Å². The number of amidine groups is 1. The minimum atomic E-state index is -0.122. The molecule has 1 N–H and O–H groups in total. The van der Waals surface area contributed by atoms with Gasteiger partial charge < -0.3 is 9.73 Å². The van der Waals surface area contributed by atoms with Crippen LogP contribution in [0.25, 0.3) is 0 Å². The molecule has 1 aromatic heterocycles. The van der Waals surface area contributed by atoms with Crippen LogP contribution < -0.4 is 0 Å². The van der Waals surface area contributed by atoms with Gasteiger partial charge in [0.2, 0.25) is 0 Å². The summed E-state index contributed by atoms with van der Waals surface area (Å²) in [6.07, 6.45) is 1.49. The van der Waals surface area contributed by atoms with Crippen molar-refractivity contribution in [2.45, 2.75) is 26.2 Å². The molecule has 0 radical (unpaired) electrons. The van der Waals surface area contributed by atoms with Gasteiger partial charge >= 0.3 is 0 Å². The van der Waals surface area contributed by atoms with Crippen molar-refractivity contribution in [2.75, 3.05) is 0 Å². The van der Waals surface area contributed by atoms with Crippen molar-refractivity contribution in [1.82, 2.24) is 5.16 Å². The first-order chi connectivity index (χ1) is 9.90. The molecule has 6 heteroatoms. The summed E-state index contributed by atoms with van der Waals surface area (Å²) in [6, 6.07) is 8.65. The minimum absolute atomic E-state index is 0.122. The molecule has 1 heterocycles. The minimum Gasteiger partial charge on any atom is -0.409 e. The van der Waals surface area contributed by atoms with Gasteiger partial charge in [-0.05, 0) is 24.3 Å². The van der Waals surface area contributed by atoms with Crippen LogP contribution >= 0.6 is 11.6 Å². The molecule has 0 atom stereocenters. The molecule has 110 valence electrons. The zero-order valence-electron chi connectivity index (χ0n) is 12.0. The van der Waals surface area contributed by atoms with Gasteiger partial charge in [-0.3, -0.25) is 0 Å². The normalized spacial score (nSPS) is 13.0. The zero-order chi connectivity index (χ0) is 15.5. The second kappa shape index (κ2) is 6.10. The molecule has 0 saturated heterocycles. The Morgan fingerprint density at radius 2 is 1.95 bits per heavy atom. The topological polar surface area (TPSA) is 71.0 Å². The molecule has 0 unspecified atom stereocenters. The number of rotatable bonds is 2. The number of aliphatic imine (C=N–C) groups is 1. The summed E-state index contributed by atoms with van der Waals surface area (Å²) in [5.41, 5.74) is 1.09. The summed E-state index contributed by atoms with van der Waals surface area (Å²) in [7, 11) is 0. The maximum absolute atomic E-state index is 9.06. The summed E-state index contributed by atoms with van der Waals surface area (Å²) in [5.74, 6) is 0.935. The Balaban J connectivity index is 2.19. The largest absolute Gasteiger partial charge is 0.409 e. The second-order valence-corrected chi connectivity index (χ2v) is 5.99. The predicted octanol–water partition coefficient (Wildman–Crippen LogP) is 3.88.